The Balaban J connectivity index is 2.60. The van der Waals surface area contributed by atoms with Gasteiger partial charge in [0.15, 0.2) is 0 Å². The molecule has 8 heteroatoms. The molecular formula is C12H14BrFN2O3S. The van der Waals surface area contributed by atoms with Gasteiger partial charge in [0.2, 0.25) is 0 Å². The monoisotopic (exact) mass is 364 g/mol. The standard InChI is InChI=1S/C12H14BrFN2O3S/c1-20-5-4-10(11(17)18)16-12(19)15-7-2-3-9(14)8(13)6-7/h2-3,6,10H,4-5H2,1H3,(H,17,18)(H2,15,16,19)/t10-/m1/s1. The first-order chi connectivity index (χ1) is 9.43. The summed E-state index contributed by atoms with van der Waals surface area (Å²) in [4.78, 5) is 22.7. The Bertz CT molecular complexity index is 502. The molecule has 20 heavy (non-hydrogen) atoms. The lowest BCUT2D eigenvalue weighted by Gasteiger charge is -2.14. The second-order valence-corrected chi connectivity index (χ2v) is 5.74. The van der Waals surface area contributed by atoms with Crippen LogP contribution in [0.4, 0.5) is 14.9 Å². The van der Waals surface area contributed by atoms with Gasteiger partial charge in [0, 0.05) is 5.69 Å². The predicted octanol–water partition coefficient (Wildman–Crippen LogP) is 2.92. The summed E-state index contributed by atoms with van der Waals surface area (Å²) in [7, 11) is 0. The summed E-state index contributed by atoms with van der Waals surface area (Å²) in [5, 5.41) is 13.8. The van der Waals surface area contributed by atoms with Gasteiger partial charge in [0.25, 0.3) is 0 Å². The van der Waals surface area contributed by atoms with Gasteiger partial charge in [-0.15, -0.1) is 0 Å². The third kappa shape index (κ3) is 5.38. The normalized spacial score (nSPS) is 11.8. The van der Waals surface area contributed by atoms with E-state index in [1.165, 1.54) is 30.0 Å². The molecular weight excluding hydrogens is 351 g/mol. The highest BCUT2D eigenvalue weighted by Gasteiger charge is 2.19. The number of halogens is 2. The van der Waals surface area contributed by atoms with Crippen molar-refractivity contribution in [1.82, 2.24) is 5.32 Å². The molecule has 0 aromatic heterocycles. The van der Waals surface area contributed by atoms with E-state index in [-0.39, 0.29) is 4.47 Å². The molecule has 1 atom stereocenters. The second-order valence-electron chi connectivity index (χ2n) is 3.90. The van der Waals surface area contributed by atoms with Gasteiger partial charge in [-0.25, -0.2) is 14.0 Å². The van der Waals surface area contributed by atoms with Crippen molar-refractivity contribution in [2.24, 2.45) is 0 Å². The number of hydrogen-bond donors (Lipinski definition) is 3. The van der Waals surface area contributed by atoms with Crippen LogP contribution < -0.4 is 10.6 Å². The number of thioether (sulfide) groups is 1. The number of amides is 2. The SMILES string of the molecule is CSCC[C@@H](NC(=O)Nc1ccc(F)c(Br)c1)C(=O)O. The van der Waals surface area contributed by atoms with Crippen molar-refractivity contribution in [3.05, 3.63) is 28.5 Å². The maximum atomic E-state index is 13.0. The van der Waals surface area contributed by atoms with Crippen LogP contribution in [0.2, 0.25) is 0 Å². The molecule has 0 bridgehead atoms. The summed E-state index contributed by atoms with van der Waals surface area (Å²) in [6.45, 7) is 0. The Labute approximate surface area is 128 Å². The van der Waals surface area contributed by atoms with Gasteiger partial charge in [0.05, 0.1) is 4.47 Å². The quantitative estimate of drug-likeness (QED) is 0.724. The molecule has 0 radical (unpaired) electrons. The minimum atomic E-state index is -1.09. The van der Waals surface area contributed by atoms with E-state index in [0.29, 0.717) is 17.9 Å². The van der Waals surface area contributed by atoms with Crippen LogP contribution in [0.15, 0.2) is 22.7 Å². The van der Waals surface area contributed by atoms with Crippen molar-refractivity contribution in [2.45, 2.75) is 12.5 Å². The zero-order valence-corrected chi connectivity index (χ0v) is 13.1. The number of hydrogen-bond acceptors (Lipinski definition) is 3. The summed E-state index contributed by atoms with van der Waals surface area (Å²) < 4.78 is 13.3. The van der Waals surface area contributed by atoms with Crippen LogP contribution in [-0.2, 0) is 4.79 Å². The van der Waals surface area contributed by atoms with E-state index in [4.69, 9.17) is 5.11 Å². The maximum absolute atomic E-state index is 13.0. The van der Waals surface area contributed by atoms with Gasteiger partial charge < -0.3 is 15.7 Å². The molecule has 3 N–H and O–H groups in total. The minimum absolute atomic E-state index is 0.215. The van der Waals surface area contributed by atoms with Crippen LogP contribution in [0, 0.1) is 5.82 Å². The smallest absolute Gasteiger partial charge is 0.326 e. The molecule has 0 fully saturated rings. The Morgan fingerprint density at radius 2 is 2.20 bits per heavy atom. The largest absolute Gasteiger partial charge is 0.480 e. The number of urea groups is 1. The number of carbonyl (C=O) groups excluding carboxylic acids is 1. The highest BCUT2D eigenvalue weighted by atomic mass is 79.9. The molecule has 2 amide bonds. The fraction of sp³-hybridized carbons (Fsp3) is 0.333. The Kier molecular flexibility index (Phi) is 6.80. The molecule has 0 aliphatic carbocycles. The molecule has 0 aliphatic heterocycles. The van der Waals surface area contributed by atoms with Gasteiger partial charge in [-0.05, 0) is 52.6 Å². The number of carbonyl (C=O) groups is 2. The summed E-state index contributed by atoms with van der Waals surface area (Å²) in [5.74, 6) is -0.909. The first-order valence-electron chi connectivity index (χ1n) is 5.68. The first-order valence-corrected chi connectivity index (χ1v) is 7.87. The molecule has 0 aliphatic rings. The van der Waals surface area contributed by atoms with E-state index < -0.39 is 23.9 Å². The number of carboxylic acids is 1. The Hall–Kier alpha value is -1.28. The molecule has 0 saturated carbocycles. The van der Waals surface area contributed by atoms with Gasteiger partial charge in [-0.2, -0.15) is 11.8 Å². The number of rotatable bonds is 6. The molecule has 110 valence electrons. The van der Waals surface area contributed by atoms with Crippen molar-refractivity contribution in [3.8, 4) is 0 Å². The average molecular weight is 365 g/mol. The number of anilines is 1. The number of nitrogens with one attached hydrogen (secondary N) is 2. The molecule has 0 saturated heterocycles. The lowest BCUT2D eigenvalue weighted by molar-refractivity contribution is -0.139. The average Bonchev–Trinajstić information content (AvgIpc) is 2.38. The van der Waals surface area contributed by atoms with E-state index in [0.717, 1.165) is 0 Å². The zero-order chi connectivity index (χ0) is 15.1. The van der Waals surface area contributed by atoms with Gasteiger partial charge >= 0.3 is 12.0 Å². The summed E-state index contributed by atoms with van der Waals surface area (Å²) in [6, 6.07) is 2.38. The summed E-state index contributed by atoms with van der Waals surface area (Å²) >= 11 is 4.50. The molecule has 1 aromatic rings. The van der Waals surface area contributed by atoms with Crippen molar-refractivity contribution >= 4 is 45.4 Å². The van der Waals surface area contributed by atoms with Gasteiger partial charge in [-0.3, -0.25) is 0 Å². The zero-order valence-electron chi connectivity index (χ0n) is 10.7. The highest BCUT2D eigenvalue weighted by Crippen LogP contribution is 2.19. The van der Waals surface area contributed by atoms with Gasteiger partial charge in [-0.1, -0.05) is 0 Å². The van der Waals surface area contributed by atoms with Crippen molar-refractivity contribution in [2.75, 3.05) is 17.3 Å². The van der Waals surface area contributed by atoms with Gasteiger partial charge in [0.1, 0.15) is 11.9 Å². The minimum Gasteiger partial charge on any atom is -0.480 e. The van der Waals surface area contributed by atoms with Crippen molar-refractivity contribution in [1.29, 1.82) is 0 Å². The molecule has 0 spiro atoms. The third-order valence-electron chi connectivity index (χ3n) is 2.39. The van der Waals surface area contributed by atoms with E-state index in [1.807, 2.05) is 6.26 Å². The fourth-order valence-electron chi connectivity index (χ4n) is 1.39. The number of carboxylic acid groups (broad SMARTS) is 1. The number of aliphatic carboxylic acids is 1. The van der Waals surface area contributed by atoms with Crippen LogP contribution >= 0.6 is 27.7 Å². The molecule has 0 unspecified atom stereocenters. The van der Waals surface area contributed by atoms with Crippen LogP contribution in [-0.4, -0.2) is 35.2 Å². The molecule has 1 aromatic carbocycles. The van der Waals surface area contributed by atoms with Crippen LogP contribution in [0.25, 0.3) is 0 Å². The molecule has 1 rings (SSSR count). The van der Waals surface area contributed by atoms with Crippen molar-refractivity contribution in [3.63, 3.8) is 0 Å². The highest BCUT2D eigenvalue weighted by molar-refractivity contribution is 9.10. The Morgan fingerprint density at radius 1 is 1.50 bits per heavy atom. The van der Waals surface area contributed by atoms with E-state index in [1.54, 1.807) is 0 Å². The lowest BCUT2D eigenvalue weighted by Crippen LogP contribution is -2.43. The topological polar surface area (TPSA) is 78.4 Å². The lowest BCUT2D eigenvalue weighted by atomic mass is 10.2. The maximum Gasteiger partial charge on any atom is 0.326 e. The third-order valence-corrected chi connectivity index (χ3v) is 3.64. The first kappa shape index (κ1) is 16.8. The van der Waals surface area contributed by atoms with Crippen molar-refractivity contribution < 1.29 is 19.1 Å². The van der Waals surface area contributed by atoms with Crippen LogP contribution in [0.1, 0.15) is 6.42 Å². The van der Waals surface area contributed by atoms with Crippen LogP contribution in [0.5, 0.6) is 0 Å². The predicted molar refractivity (Wildman–Crippen MR) is 80.7 cm³/mol. The fourth-order valence-corrected chi connectivity index (χ4v) is 2.24. The van der Waals surface area contributed by atoms with Crippen LogP contribution in [0.3, 0.4) is 0 Å². The Morgan fingerprint density at radius 3 is 2.75 bits per heavy atom. The number of benzene rings is 1. The summed E-state index contributed by atoms with van der Waals surface area (Å²) in [6.07, 6.45) is 2.19. The molecule has 0 heterocycles. The van der Waals surface area contributed by atoms with E-state index in [9.17, 15) is 14.0 Å². The second kappa shape index (κ2) is 8.11. The molecule has 5 nitrogen and oxygen atoms in total. The van der Waals surface area contributed by atoms with E-state index >= 15 is 0 Å². The van der Waals surface area contributed by atoms with E-state index in [2.05, 4.69) is 26.6 Å². The summed E-state index contributed by atoms with van der Waals surface area (Å²) in [5.41, 5.74) is 0.366.